The monoisotopic (exact) mass is 336 g/mol. The molecule has 1 aliphatic rings. The molecule has 2 aromatic heterocycles. The van der Waals surface area contributed by atoms with E-state index in [1.54, 1.807) is 17.7 Å². The Labute approximate surface area is 140 Å². The van der Waals surface area contributed by atoms with Gasteiger partial charge in [-0.2, -0.15) is 5.10 Å². The van der Waals surface area contributed by atoms with Crippen LogP contribution >= 0.6 is 11.3 Å². The summed E-state index contributed by atoms with van der Waals surface area (Å²) in [7, 11) is 0. The van der Waals surface area contributed by atoms with Crippen LogP contribution in [0.2, 0.25) is 0 Å². The fourth-order valence-corrected chi connectivity index (χ4v) is 3.76. The van der Waals surface area contributed by atoms with Crippen molar-refractivity contribution < 1.29 is 9.84 Å². The van der Waals surface area contributed by atoms with E-state index < -0.39 is 11.7 Å². The van der Waals surface area contributed by atoms with Gasteiger partial charge in [-0.25, -0.2) is 9.67 Å². The van der Waals surface area contributed by atoms with Gasteiger partial charge in [0, 0.05) is 6.54 Å². The van der Waals surface area contributed by atoms with Gasteiger partial charge in [0.25, 0.3) is 0 Å². The highest BCUT2D eigenvalue weighted by Gasteiger charge is 2.43. The molecule has 3 heterocycles. The number of thiophene rings is 1. The fraction of sp³-hybridized carbons (Fsp3) is 0.625. The molecule has 0 fully saturated rings. The van der Waals surface area contributed by atoms with Crippen LogP contribution in [-0.4, -0.2) is 31.6 Å². The Morgan fingerprint density at radius 1 is 1.48 bits per heavy atom. The largest absolute Gasteiger partial charge is 0.484 e. The molecule has 0 saturated carbocycles. The minimum Gasteiger partial charge on any atom is -0.484 e. The van der Waals surface area contributed by atoms with Crippen LogP contribution in [-0.2, 0) is 13.1 Å². The van der Waals surface area contributed by atoms with Crippen molar-refractivity contribution in [1.29, 1.82) is 0 Å². The van der Waals surface area contributed by atoms with E-state index >= 15 is 0 Å². The van der Waals surface area contributed by atoms with Gasteiger partial charge in [0.2, 0.25) is 0 Å². The lowest BCUT2D eigenvalue weighted by Gasteiger charge is -2.41. The fourth-order valence-electron chi connectivity index (χ4n) is 2.84. The average Bonchev–Trinajstić information content (AvgIpc) is 3.07. The maximum atomic E-state index is 10.7. The molecule has 0 spiro atoms. The van der Waals surface area contributed by atoms with E-state index in [1.807, 2.05) is 30.0 Å². The molecule has 2 aromatic rings. The van der Waals surface area contributed by atoms with E-state index in [4.69, 9.17) is 4.74 Å². The molecule has 126 valence electrons. The summed E-state index contributed by atoms with van der Waals surface area (Å²) in [5, 5.41) is 20.4. The molecular formula is C16H24N4O2S. The molecule has 0 radical (unpaired) electrons. The highest BCUT2D eigenvalue weighted by atomic mass is 32.1. The molecule has 3 rings (SSSR count). The van der Waals surface area contributed by atoms with Gasteiger partial charge in [0.15, 0.2) is 0 Å². The van der Waals surface area contributed by atoms with E-state index in [2.05, 4.69) is 29.2 Å². The van der Waals surface area contributed by atoms with Crippen molar-refractivity contribution in [3.8, 4) is 5.75 Å². The number of nitrogens with one attached hydrogen (secondary N) is 1. The topological polar surface area (TPSA) is 72.2 Å². The quantitative estimate of drug-likeness (QED) is 0.877. The van der Waals surface area contributed by atoms with Gasteiger partial charge in [-0.1, -0.05) is 13.8 Å². The third kappa shape index (κ3) is 3.27. The summed E-state index contributed by atoms with van der Waals surface area (Å²) < 4.78 is 7.82. The summed E-state index contributed by atoms with van der Waals surface area (Å²) in [6.45, 7) is 9.52. The van der Waals surface area contributed by atoms with E-state index in [-0.39, 0.29) is 6.04 Å². The first-order valence-corrected chi connectivity index (χ1v) is 8.81. The second-order valence-electron chi connectivity index (χ2n) is 6.91. The van der Waals surface area contributed by atoms with Crippen molar-refractivity contribution in [3.63, 3.8) is 0 Å². The number of hydrogen-bond acceptors (Lipinski definition) is 6. The van der Waals surface area contributed by atoms with E-state index in [0.29, 0.717) is 12.5 Å². The normalized spacial score (nSPS) is 22.9. The number of nitrogens with zero attached hydrogens (tertiary/aromatic N) is 3. The van der Waals surface area contributed by atoms with Gasteiger partial charge in [0.1, 0.15) is 29.6 Å². The first-order chi connectivity index (χ1) is 10.9. The first kappa shape index (κ1) is 16.4. The number of ether oxygens (including phenoxy) is 1. The Bertz CT molecular complexity index is 665. The molecule has 2 N–H and O–H groups in total. The van der Waals surface area contributed by atoms with Crippen molar-refractivity contribution >= 4 is 11.3 Å². The van der Waals surface area contributed by atoms with Crippen molar-refractivity contribution in [2.45, 2.75) is 58.5 Å². The predicted molar refractivity (Wildman–Crippen MR) is 89.5 cm³/mol. The number of aliphatic hydroxyl groups excluding tert-OH is 1. The second-order valence-corrected chi connectivity index (χ2v) is 7.86. The third-order valence-corrected chi connectivity index (χ3v) is 5.04. The van der Waals surface area contributed by atoms with Crippen LogP contribution in [0, 0.1) is 5.92 Å². The summed E-state index contributed by atoms with van der Waals surface area (Å²) in [5.41, 5.74) is -0.628. The van der Waals surface area contributed by atoms with Crippen LogP contribution < -0.4 is 10.1 Å². The Hall–Kier alpha value is -1.44. The highest BCUT2D eigenvalue weighted by molar-refractivity contribution is 7.10. The molecule has 0 aromatic carbocycles. The molecule has 0 amide bonds. The Balaban J connectivity index is 1.77. The average molecular weight is 336 g/mol. The highest BCUT2D eigenvalue weighted by Crippen LogP contribution is 2.42. The zero-order chi connectivity index (χ0) is 16.6. The maximum absolute atomic E-state index is 10.7. The summed E-state index contributed by atoms with van der Waals surface area (Å²) in [6.07, 6.45) is 0.954. The summed E-state index contributed by atoms with van der Waals surface area (Å²) in [4.78, 5) is 5.37. The Kier molecular flexibility index (Phi) is 4.44. The number of aliphatic hydroxyl groups is 1. The second kappa shape index (κ2) is 6.22. The Morgan fingerprint density at radius 3 is 3.00 bits per heavy atom. The Morgan fingerprint density at radius 2 is 2.26 bits per heavy atom. The minimum atomic E-state index is -0.630. The van der Waals surface area contributed by atoms with Crippen LogP contribution in [0.15, 0.2) is 17.8 Å². The molecule has 2 atom stereocenters. The summed E-state index contributed by atoms with van der Waals surface area (Å²) in [5.74, 6) is 2.24. The van der Waals surface area contributed by atoms with Crippen molar-refractivity contribution in [2.24, 2.45) is 5.92 Å². The van der Waals surface area contributed by atoms with Crippen molar-refractivity contribution in [2.75, 3.05) is 0 Å². The SMILES string of the molecule is CC(C)Cn1ncnc1CN[C@H]1c2sccc2OC(C)(C)[C@@H]1O. The molecule has 6 nitrogen and oxygen atoms in total. The lowest BCUT2D eigenvalue weighted by atomic mass is 9.91. The molecule has 23 heavy (non-hydrogen) atoms. The van der Waals surface area contributed by atoms with Crippen LogP contribution in [0.25, 0.3) is 0 Å². The van der Waals surface area contributed by atoms with E-state index in [0.717, 1.165) is 23.0 Å². The molecule has 0 saturated heterocycles. The molecule has 7 heteroatoms. The zero-order valence-corrected chi connectivity index (χ0v) is 14.8. The van der Waals surface area contributed by atoms with Gasteiger partial charge in [-0.15, -0.1) is 11.3 Å². The standard InChI is InChI=1S/C16H24N4O2S/c1-10(2)8-20-12(18-9-19-20)7-17-13-14-11(5-6-23-14)22-16(3,4)15(13)21/h5-6,9-10,13,15,17,21H,7-8H2,1-4H3/t13-,15+/m0/s1. The first-order valence-electron chi connectivity index (χ1n) is 7.93. The summed E-state index contributed by atoms with van der Waals surface area (Å²) >= 11 is 1.60. The number of rotatable bonds is 5. The number of fused-ring (bicyclic) bond motifs is 1. The smallest absolute Gasteiger partial charge is 0.140 e. The minimum absolute atomic E-state index is 0.169. The summed E-state index contributed by atoms with van der Waals surface area (Å²) in [6, 6.07) is 1.79. The third-order valence-electron chi connectivity index (χ3n) is 4.05. The van der Waals surface area contributed by atoms with Gasteiger partial charge in [-0.05, 0) is 31.2 Å². The van der Waals surface area contributed by atoms with Gasteiger partial charge in [-0.3, -0.25) is 5.32 Å². The maximum Gasteiger partial charge on any atom is 0.140 e. The van der Waals surface area contributed by atoms with E-state index in [9.17, 15) is 5.11 Å². The lowest BCUT2D eigenvalue weighted by molar-refractivity contribution is -0.0634. The van der Waals surface area contributed by atoms with Gasteiger partial charge >= 0.3 is 0 Å². The number of hydrogen-bond donors (Lipinski definition) is 2. The van der Waals surface area contributed by atoms with Gasteiger partial charge < -0.3 is 9.84 Å². The molecule has 0 bridgehead atoms. The zero-order valence-electron chi connectivity index (χ0n) is 14.0. The molecular weight excluding hydrogens is 312 g/mol. The van der Waals surface area contributed by atoms with Crippen molar-refractivity contribution in [3.05, 3.63) is 28.5 Å². The van der Waals surface area contributed by atoms with E-state index in [1.165, 1.54) is 0 Å². The van der Waals surface area contributed by atoms with Crippen LogP contribution in [0.5, 0.6) is 5.75 Å². The van der Waals surface area contributed by atoms with Crippen LogP contribution in [0.4, 0.5) is 0 Å². The molecule has 0 unspecified atom stereocenters. The predicted octanol–water partition coefficient (Wildman–Crippen LogP) is 2.36. The molecule has 0 aliphatic carbocycles. The lowest BCUT2D eigenvalue weighted by Crippen LogP contribution is -2.52. The van der Waals surface area contributed by atoms with Crippen molar-refractivity contribution in [1.82, 2.24) is 20.1 Å². The number of aromatic nitrogens is 3. The molecule has 1 aliphatic heterocycles. The van der Waals surface area contributed by atoms with Crippen LogP contribution in [0.1, 0.15) is 44.4 Å². The van der Waals surface area contributed by atoms with Gasteiger partial charge in [0.05, 0.1) is 17.5 Å². The van der Waals surface area contributed by atoms with Crippen LogP contribution in [0.3, 0.4) is 0 Å².